The second kappa shape index (κ2) is 7.22. The van der Waals surface area contributed by atoms with Gasteiger partial charge in [-0.2, -0.15) is 0 Å². The molecule has 0 spiro atoms. The fourth-order valence-electron chi connectivity index (χ4n) is 3.16. The van der Waals surface area contributed by atoms with Crippen molar-refractivity contribution in [1.29, 1.82) is 0 Å². The number of benzene rings is 1. The van der Waals surface area contributed by atoms with Crippen molar-refractivity contribution in [2.45, 2.75) is 25.8 Å². The third-order valence-corrected chi connectivity index (χ3v) is 4.75. The van der Waals surface area contributed by atoms with Crippen molar-refractivity contribution in [3.05, 3.63) is 53.5 Å². The van der Waals surface area contributed by atoms with Gasteiger partial charge in [0, 0.05) is 36.8 Å². The van der Waals surface area contributed by atoms with Crippen LogP contribution in [-0.2, 0) is 6.54 Å². The first kappa shape index (κ1) is 17.3. The molecule has 0 amide bonds. The van der Waals surface area contributed by atoms with E-state index in [1.54, 1.807) is 0 Å². The Bertz CT molecular complexity index is 1070. The van der Waals surface area contributed by atoms with Crippen LogP contribution in [0.1, 0.15) is 40.7 Å². The van der Waals surface area contributed by atoms with E-state index in [9.17, 15) is 4.79 Å². The van der Waals surface area contributed by atoms with E-state index in [4.69, 9.17) is 11.5 Å². The maximum absolute atomic E-state index is 12.3. The Morgan fingerprint density at radius 3 is 2.89 bits per heavy atom. The summed E-state index contributed by atoms with van der Waals surface area (Å²) in [6.07, 6.45) is 6.31. The summed E-state index contributed by atoms with van der Waals surface area (Å²) >= 11 is 0. The average molecular weight is 359 g/mol. The molecule has 1 saturated carbocycles. The summed E-state index contributed by atoms with van der Waals surface area (Å²) in [7, 11) is 0. The van der Waals surface area contributed by atoms with Crippen LogP contribution in [0.15, 0.2) is 36.8 Å². The van der Waals surface area contributed by atoms with E-state index in [-0.39, 0.29) is 5.78 Å². The van der Waals surface area contributed by atoms with Gasteiger partial charge in [0.15, 0.2) is 5.78 Å². The molecule has 0 atom stereocenters. The zero-order valence-electron chi connectivity index (χ0n) is 15.0. The molecular weight excluding hydrogens is 338 g/mol. The third-order valence-electron chi connectivity index (χ3n) is 4.75. The molecule has 4 rings (SSSR count). The molecule has 1 aromatic carbocycles. The van der Waals surface area contributed by atoms with Crippen LogP contribution < -0.4 is 11.5 Å². The number of aromatic nitrogens is 3. The second-order valence-electron chi connectivity index (χ2n) is 6.88. The Labute approximate surface area is 157 Å². The first-order valence-electron chi connectivity index (χ1n) is 9.10. The van der Waals surface area contributed by atoms with E-state index >= 15 is 0 Å². The van der Waals surface area contributed by atoms with Gasteiger partial charge < -0.3 is 16.0 Å². The number of nitrogen functional groups attached to an aromatic ring is 1. The fraction of sp³-hybridized carbons (Fsp3) is 0.286. The van der Waals surface area contributed by atoms with Crippen LogP contribution in [0.4, 0.5) is 5.82 Å². The minimum Gasteiger partial charge on any atom is -0.383 e. The number of rotatable bonds is 5. The molecule has 1 aliphatic carbocycles. The molecule has 6 nitrogen and oxygen atoms in total. The Morgan fingerprint density at radius 2 is 2.11 bits per heavy atom. The molecule has 3 aromatic rings. The number of carbonyl (C=O) groups excluding carboxylic acids is 1. The maximum atomic E-state index is 12.3. The van der Waals surface area contributed by atoms with Crippen molar-refractivity contribution in [2.24, 2.45) is 11.7 Å². The zero-order chi connectivity index (χ0) is 18.8. The van der Waals surface area contributed by atoms with Gasteiger partial charge in [0.05, 0.1) is 10.9 Å². The lowest BCUT2D eigenvalue weighted by Crippen LogP contribution is -2.09. The molecule has 1 aliphatic rings. The van der Waals surface area contributed by atoms with Gasteiger partial charge in [-0.15, -0.1) is 0 Å². The van der Waals surface area contributed by atoms with Crippen molar-refractivity contribution in [3.63, 3.8) is 0 Å². The van der Waals surface area contributed by atoms with Gasteiger partial charge in [0.1, 0.15) is 17.8 Å². The number of nitrogens with two attached hydrogens (primary N) is 2. The Balaban J connectivity index is 1.67. The summed E-state index contributed by atoms with van der Waals surface area (Å²) < 4.78 is 1.94. The first-order chi connectivity index (χ1) is 13.2. The Morgan fingerprint density at radius 1 is 1.26 bits per heavy atom. The smallest absolute Gasteiger partial charge is 0.163 e. The Hall–Kier alpha value is -3.17. The predicted molar refractivity (Wildman–Crippen MR) is 105 cm³/mol. The van der Waals surface area contributed by atoms with Crippen molar-refractivity contribution < 1.29 is 4.79 Å². The number of Topliss-reactive ketones (excluding diaryl/α,β-unsaturated/α-hetero) is 1. The van der Waals surface area contributed by atoms with Gasteiger partial charge in [0.25, 0.3) is 0 Å². The molecule has 27 heavy (non-hydrogen) atoms. The van der Waals surface area contributed by atoms with E-state index in [2.05, 4.69) is 21.8 Å². The number of anilines is 1. The van der Waals surface area contributed by atoms with Crippen LogP contribution in [0.2, 0.25) is 0 Å². The van der Waals surface area contributed by atoms with Gasteiger partial charge >= 0.3 is 0 Å². The molecule has 0 radical (unpaired) electrons. The van der Waals surface area contributed by atoms with E-state index in [0.717, 1.165) is 27.7 Å². The lowest BCUT2D eigenvalue weighted by molar-refractivity contribution is 0.0976. The zero-order valence-corrected chi connectivity index (χ0v) is 15.0. The summed E-state index contributed by atoms with van der Waals surface area (Å²) in [6, 6.07) is 7.49. The monoisotopic (exact) mass is 359 g/mol. The van der Waals surface area contributed by atoms with Crippen LogP contribution >= 0.6 is 0 Å². The topological polar surface area (TPSA) is 99.8 Å². The molecule has 6 heteroatoms. The molecular formula is C21H21N5O. The third kappa shape index (κ3) is 3.69. The van der Waals surface area contributed by atoms with Gasteiger partial charge in [-0.3, -0.25) is 4.79 Å². The standard InChI is InChI=1S/C21H21N5O/c22-8-9-26-12-17(19-20(23)24-13-25-21(19)26)7-6-14-2-1-3-16(10-14)18(27)11-15-4-5-15/h1-3,10,12-13,15H,4-5,8-9,11,22H2,(H2,23,24,25). The van der Waals surface area contributed by atoms with Crippen molar-refractivity contribution >= 4 is 22.6 Å². The molecule has 0 aliphatic heterocycles. The Kier molecular flexibility index (Phi) is 4.61. The van der Waals surface area contributed by atoms with E-state index in [0.29, 0.717) is 31.2 Å². The molecule has 2 heterocycles. The summed E-state index contributed by atoms with van der Waals surface area (Å²) in [6.45, 7) is 1.12. The number of hydrogen-bond donors (Lipinski definition) is 2. The SMILES string of the molecule is NCCn1cc(C#Cc2cccc(C(=O)CC3CC3)c2)c2c(N)ncnc21. The number of hydrogen-bond acceptors (Lipinski definition) is 5. The quantitative estimate of drug-likeness (QED) is 0.538. The van der Waals surface area contributed by atoms with Gasteiger partial charge in [-0.05, 0) is 30.9 Å². The lowest BCUT2D eigenvalue weighted by atomic mass is 10.0. The van der Waals surface area contributed by atoms with Gasteiger partial charge in [-0.1, -0.05) is 24.0 Å². The van der Waals surface area contributed by atoms with Crippen LogP contribution in [-0.4, -0.2) is 26.9 Å². The predicted octanol–water partition coefficient (Wildman–Crippen LogP) is 2.35. The lowest BCUT2D eigenvalue weighted by Gasteiger charge is -2.01. The van der Waals surface area contributed by atoms with Gasteiger partial charge in [-0.25, -0.2) is 9.97 Å². The maximum Gasteiger partial charge on any atom is 0.163 e. The highest BCUT2D eigenvalue weighted by Crippen LogP contribution is 2.33. The highest BCUT2D eigenvalue weighted by Gasteiger charge is 2.24. The van der Waals surface area contributed by atoms with Crippen molar-refractivity contribution in [3.8, 4) is 11.8 Å². The van der Waals surface area contributed by atoms with Crippen LogP contribution in [0.3, 0.4) is 0 Å². The molecule has 0 saturated heterocycles. The van der Waals surface area contributed by atoms with E-state index in [1.807, 2.05) is 35.0 Å². The molecule has 0 unspecified atom stereocenters. The highest BCUT2D eigenvalue weighted by molar-refractivity contribution is 5.96. The van der Waals surface area contributed by atoms with Crippen LogP contribution in [0.25, 0.3) is 11.0 Å². The largest absolute Gasteiger partial charge is 0.383 e. The normalized spacial score (nSPS) is 13.4. The fourth-order valence-corrected chi connectivity index (χ4v) is 3.16. The highest BCUT2D eigenvalue weighted by atomic mass is 16.1. The average Bonchev–Trinajstić information content (AvgIpc) is 3.41. The van der Waals surface area contributed by atoms with Gasteiger partial charge in [0.2, 0.25) is 0 Å². The summed E-state index contributed by atoms with van der Waals surface area (Å²) in [5.41, 5.74) is 14.7. The van der Waals surface area contributed by atoms with E-state index < -0.39 is 0 Å². The van der Waals surface area contributed by atoms with E-state index in [1.165, 1.54) is 19.2 Å². The number of fused-ring (bicyclic) bond motifs is 1. The van der Waals surface area contributed by atoms with Crippen LogP contribution in [0, 0.1) is 17.8 Å². The molecule has 136 valence electrons. The number of nitrogens with zero attached hydrogens (tertiary/aromatic N) is 3. The second-order valence-corrected chi connectivity index (χ2v) is 6.88. The molecule has 0 bridgehead atoms. The number of carbonyl (C=O) groups is 1. The van der Waals surface area contributed by atoms with Crippen LogP contribution in [0.5, 0.6) is 0 Å². The minimum atomic E-state index is 0.193. The minimum absolute atomic E-state index is 0.193. The van der Waals surface area contributed by atoms with Crippen molar-refractivity contribution in [2.75, 3.05) is 12.3 Å². The first-order valence-corrected chi connectivity index (χ1v) is 9.10. The molecule has 4 N–H and O–H groups in total. The molecule has 1 fully saturated rings. The van der Waals surface area contributed by atoms with Crippen molar-refractivity contribution in [1.82, 2.24) is 14.5 Å². The summed E-state index contributed by atoms with van der Waals surface area (Å²) in [5.74, 6) is 7.46. The molecule has 2 aromatic heterocycles. The summed E-state index contributed by atoms with van der Waals surface area (Å²) in [4.78, 5) is 20.7. The number of ketones is 1. The summed E-state index contributed by atoms with van der Waals surface area (Å²) in [5, 5.41) is 0.736.